The Kier molecular flexibility index (Phi) is 4.22. The third-order valence-electron chi connectivity index (χ3n) is 3.19. The van der Waals surface area contributed by atoms with Crippen LogP contribution in [0, 0.1) is 12.7 Å². The molecule has 108 valence electrons. The maximum Gasteiger partial charge on any atom is 0.221 e. The second kappa shape index (κ2) is 5.90. The summed E-state index contributed by atoms with van der Waals surface area (Å²) >= 11 is 0. The monoisotopic (exact) mass is 278 g/mol. The summed E-state index contributed by atoms with van der Waals surface area (Å²) in [7, 11) is 0. The molecule has 1 aromatic heterocycles. The summed E-state index contributed by atoms with van der Waals surface area (Å²) in [5.74, 6) is -0.0249. The molecule has 0 unspecified atom stereocenters. The zero-order chi connectivity index (χ0) is 14.7. The lowest BCUT2D eigenvalue weighted by Gasteiger charge is -2.07. The van der Waals surface area contributed by atoms with Gasteiger partial charge in [0.15, 0.2) is 0 Å². The third-order valence-corrected chi connectivity index (χ3v) is 3.19. The molecule has 0 fully saturated rings. The molecule has 1 heterocycles. The number of halogens is 1. The molecule has 0 radical (unpaired) electrons. The highest BCUT2D eigenvalue weighted by atomic mass is 19.1. The van der Waals surface area contributed by atoms with Gasteiger partial charge in [0.05, 0.1) is 11.0 Å². The van der Waals surface area contributed by atoms with Crippen LogP contribution in [0.2, 0.25) is 0 Å². The van der Waals surface area contributed by atoms with Gasteiger partial charge in [-0.15, -0.1) is 0 Å². The Bertz CT molecular complexity index is 636. The van der Waals surface area contributed by atoms with Crippen molar-refractivity contribution in [3.63, 3.8) is 0 Å². The highest BCUT2D eigenvalue weighted by Crippen LogP contribution is 2.21. The van der Waals surface area contributed by atoms with Crippen molar-refractivity contribution < 1.29 is 9.18 Å². The van der Waals surface area contributed by atoms with Gasteiger partial charge in [0, 0.05) is 25.6 Å². The van der Waals surface area contributed by atoms with E-state index in [1.165, 1.54) is 6.07 Å². The van der Waals surface area contributed by atoms with Gasteiger partial charge in [-0.05, 0) is 25.0 Å². The Balaban J connectivity index is 2.19. The number of amides is 1. The number of nitrogens with two attached hydrogens (primary N) is 1. The first-order valence-electron chi connectivity index (χ1n) is 6.71. The third kappa shape index (κ3) is 2.89. The zero-order valence-electron chi connectivity index (χ0n) is 11.7. The van der Waals surface area contributed by atoms with Crippen LogP contribution in [0.15, 0.2) is 12.1 Å². The van der Waals surface area contributed by atoms with Crippen LogP contribution in [0.3, 0.4) is 0 Å². The van der Waals surface area contributed by atoms with Gasteiger partial charge >= 0.3 is 0 Å². The van der Waals surface area contributed by atoms with Crippen LogP contribution in [-0.2, 0) is 11.3 Å². The Morgan fingerprint density at radius 1 is 1.50 bits per heavy atom. The summed E-state index contributed by atoms with van der Waals surface area (Å²) in [5, 5.41) is 2.81. The fourth-order valence-electron chi connectivity index (χ4n) is 2.07. The first-order valence-corrected chi connectivity index (χ1v) is 6.71. The summed E-state index contributed by atoms with van der Waals surface area (Å²) in [6.45, 7) is 4.79. The highest BCUT2D eigenvalue weighted by Gasteiger charge is 2.12. The minimum Gasteiger partial charge on any atom is -0.369 e. The highest BCUT2D eigenvalue weighted by molar-refractivity contribution is 5.80. The second-order valence-electron chi connectivity index (χ2n) is 4.81. The number of carbonyl (C=O) groups is 1. The molecular formula is C14H19FN4O. The molecule has 0 aliphatic heterocycles. The van der Waals surface area contributed by atoms with Crippen molar-refractivity contribution in [1.82, 2.24) is 14.9 Å². The lowest BCUT2D eigenvalue weighted by molar-refractivity contribution is -0.121. The van der Waals surface area contributed by atoms with Crippen molar-refractivity contribution in [2.75, 3.05) is 12.3 Å². The fraction of sp³-hybridized carbons (Fsp3) is 0.429. The van der Waals surface area contributed by atoms with E-state index in [0.717, 1.165) is 11.9 Å². The van der Waals surface area contributed by atoms with Crippen molar-refractivity contribution in [1.29, 1.82) is 0 Å². The number of nitrogen functional groups attached to an aromatic ring is 1. The summed E-state index contributed by atoms with van der Waals surface area (Å²) in [6.07, 6.45) is 1.23. The lowest BCUT2D eigenvalue weighted by Crippen LogP contribution is -2.25. The van der Waals surface area contributed by atoms with Crippen molar-refractivity contribution in [3.05, 3.63) is 23.5 Å². The number of rotatable bonds is 5. The van der Waals surface area contributed by atoms with E-state index in [1.807, 2.05) is 6.92 Å². The van der Waals surface area contributed by atoms with Crippen LogP contribution in [0.5, 0.6) is 0 Å². The number of hydrogen-bond donors (Lipinski definition) is 2. The van der Waals surface area contributed by atoms with Gasteiger partial charge in [0.1, 0.15) is 5.82 Å². The van der Waals surface area contributed by atoms with Crippen molar-refractivity contribution in [2.24, 2.45) is 0 Å². The minimum absolute atomic E-state index is 0.0214. The van der Waals surface area contributed by atoms with Crippen LogP contribution in [-0.4, -0.2) is 22.0 Å². The fourth-order valence-corrected chi connectivity index (χ4v) is 2.07. The van der Waals surface area contributed by atoms with E-state index in [9.17, 15) is 9.18 Å². The summed E-state index contributed by atoms with van der Waals surface area (Å²) in [5.41, 5.74) is 7.64. The Labute approximate surface area is 117 Å². The summed E-state index contributed by atoms with van der Waals surface area (Å²) in [6, 6.07) is 3.08. The van der Waals surface area contributed by atoms with E-state index in [4.69, 9.17) is 5.73 Å². The van der Waals surface area contributed by atoms with Gasteiger partial charge < -0.3 is 15.6 Å². The van der Waals surface area contributed by atoms with Crippen LogP contribution in [0.25, 0.3) is 11.0 Å². The number of imidazole rings is 1. The molecule has 20 heavy (non-hydrogen) atoms. The molecule has 0 saturated heterocycles. The maximum absolute atomic E-state index is 13.5. The minimum atomic E-state index is -0.303. The number of benzene rings is 1. The molecule has 0 atom stereocenters. The molecule has 0 saturated carbocycles. The van der Waals surface area contributed by atoms with Crippen molar-refractivity contribution in [2.45, 2.75) is 33.2 Å². The smallest absolute Gasteiger partial charge is 0.221 e. The largest absolute Gasteiger partial charge is 0.369 e. The molecule has 5 nitrogen and oxygen atoms in total. The predicted molar refractivity (Wildman–Crippen MR) is 76.8 cm³/mol. The lowest BCUT2D eigenvalue weighted by atomic mass is 10.2. The Morgan fingerprint density at radius 3 is 2.95 bits per heavy atom. The SMILES string of the molecule is CCCNC(=O)CCn1c(N)nc2cc(F)c(C)cc21. The second-order valence-corrected chi connectivity index (χ2v) is 4.81. The number of carbonyl (C=O) groups excluding carboxylic acids is 1. The van der Waals surface area contributed by atoms with Crippen LogP contribution in [0.1, 0.15) is 25.3 Å². The molecule has 0 aliphatic rings. The van der Waals surface area contributed by atoms with E-state index in [2.05, 4.69) is 10.3 Å². The van der Waals surface area contributed by atoms with Gasteiger partial charge in [-0.25, -0.2) is 9.37 Å². The summed E-state index contributed by atoms with van der Waals surface area (Å²) in [4.78, 5) is 15.7. The molecule has 0 bridgehead atoms. The predicted octanol–water partition coefficient (Wildman–Crippen LogP) is 1.98. The number of anilines is 1. The van der Waals surface area contributed by atoms with Crippen molar-refractivity contribution in [3.8, 4) is 0 Å². The van der Waals surface area contributed by atoms with E-state index in [1.54, 1.807) is 17.6 Å². The normalized spacial score (nSPS) is 10.9. The van der Waals surface area contributed by atoms with E-state index >= 15 is 0 Å². The van der Waals surface area contributed by atoms with Gasteiger partial charge in [-0.1, -0.05) is 6.92 Å². The first-order chi connectivity index (χ1) is 9.52. The number of nitrogens with zero attached hydrogens (tertiary/aromatic N) is 2. The first kappa shape index (κ1) is 14.3. The molecule has 3 N–H and O–H groups in total. The van der Waals surface area contributed by atoms with Crippen LogP contribution < -0.4 is 11.1 Å². The molecule has 0 aliphatic carbocycles. The van der Waals surface area contributed by atoms with Crippen LogP contribution in [0.4, 0.5) is 10.3 Å². The Hall–Kier alpha value is -2.11. The topological polar surface area (TPSA) is 72.9 Å². The van der Waals surface area contributed by atoms with Gasteiger partial charge in [0.2, 0.25) is 11.9 Å². The quantitative estimate of drug-likeness (QED) is 0.878. The van der Waals surface area contributed by atoms with Gasteiger partial charge in [0.25, 0.3) is 0 Å². The number of aromatic nitrogens is 2. The molecule has 6 heteroatoms. The summed E-state index contributed by atoms with van der Waals surface area (Å²) < 4.78 is 15.2. The average Bonchev–Trinajstić information content (AvgIpc) is 2.70. The standard InChI is InChI=1S/C14H19FN4O/c1-3-5-17-13(20)4-6-19-12-7-9(2)10(15)8-11(12)18-14(19)16/h7-8H,3-6H2,1-2H3,(H2,16,18)(H,17,20). The maximum atomic E-state index is 13.5. The van der Waals surface area contributed by atoms with E-state index < -0.39 is 0 Å². The number of aryl methyl sites for hydroxylation is 2. The Morgan fingerprint density at radius 2 is 2.25 bits per heavy atom. The zero-order valence-corrected chi connectivity index (χ0v) is 11.7. The van der Waals surface area contributed by atoms with E-state index in [-0.39, 0.29) is 11.7 Å². The van der Waals surface area contributed by atoms with Crippen LogP contribution >= 0.6 is 0 Å². The molecule has 2 rings (SSSR count). The molecule has 0 spiro atoms. The number of fused-ring (bicyclic) bond motifs is 1. The number of nitrogens with one attached hydrogen (secondary N) is 1. The average molecular weight is 278 g/mol. The van der Waals surface area contributed by atoms with Gasteiger partial charge in [-0.2, -0.15) is 0 Å². The number of hydrogen-bond acceptors (Lipinski definition) is 3. The van der Waals surface area contributed by atoms with E-state index in [0.29, 0.717) is 36.5 Å². The molecule has 2 aromatic rings. The molecular weight excluding hydrogens is 259 g/mol. The molecule has 1 amide bonds. The molecule has 1 aromatic carbocycles. The van der Waals surface area contributed by atoms with Crippen molar-refractivity contribution >= 4 is 22.9 Å². The van der Waals surface area contributed by atoms with Gasteiger partial charge in [-0.3, -0.25) is 4.79 Å².